The van der Waals surface area contributed by atoms with Gasteiger partial charge in [0.05, 0.1) is 17.2 Å². The van der Waals surface area contributed by atoms with Crippen molar-refractivity contribution < 1.29 is 22.7 Å². The minimum atomic E-state index is -4.18. The average Bonchev–Trinajstić information content (AvgIpc) is 2.95. The second-order valence-corrected chi connectivity index (χ2v) is 11.6. The van der Waals surface area contributed by atoms with Gasteiger partial charge in [0.15, 0.2) is 0 Å². The number of hydrogen-bond acceptors (Lipinski definition) is 5. The highest BCUT2D eigenvalue weighted by Crippen LogP contribution is 2.33. The van der Waals surface area contributed by atoms with Gasteiger partial charge < -0.3 is 15.0 Å². The molecule has 0 fully saturated rings. The molecule has 214 valence electrons. The third-order valence-corrected chi connectivity index (χ3v) is 8.46. The Labute approximate surface area is 238 Å². The number of nitrogens with one attached hydrogen (secondary N) is 1. The van der Waals surface area contributed by atoms with Gasteiger partial charge in [0, 0.05) is 12.6 Å². The fourth-order valence-corrected chi connectivity index (χ4v) is 5.54. The van der Waals surface area contributed by atoms with Crippen LogP contribution in [0.4, 0.5) is 5.69 Å². The maximum atomic E-state index is 14.0. The first-order chi connectivity index (χ1) is 19.1. The largest absolute Gasteiger partial charge is 0.492 e. The number of carbonyl (C=O) groups excluding carboxylic acids is 2. The summed E-state index contributed by atoms with van der Waals surface area (Å²) < 4.78 is 34.9. The molecule has 0 heterocycles. The molecule has 3 aromatic rings. The van der Waals surface area contributed by atoms with Crippen molar-refractivity contribution in [2.75, 3.05) is 17.5 Å². The van der Waals surface area contributed by atoms with Crippen LogP contribution in [0.1, 0.15) is 45.2 Å². The van der Waals surface area contributed by atoms with E-state index in [0.717, 1.165) is 21.9 Å². The summed E-state index contributed by atoms with van der Waals surface area (Å²) in [6.07, 6.45) is 0.738. The predicted molar refractivity (Wildman–Crippen MR) is 158 cm³/mol. The van der Waals surface area contributed by atoms with E-state index in [0.29, 0.717) is 12.4 Å². The normalized spacial score (nSPS) is 12.7. The quantitative estimate of drug-likeness (QED) is 0.317. The number of amides is 2. The maximum absolute atomic E-state index is 14.0. The number of para-hydroxylation sites is 2. The number of carbonyl (C=O) groups is 2. The van der Waals surface area contributed by atoms with Crippen LogP contribution in [0.15, 0.2) is 83.8 Å². The molecular formula is C31H39N3O5S. The molecule has 0 aliphatic carbocycles. The summed E-state index contributed by atoms with van der Waals surface area (Å²) in [6, 6.07) is 21.6. The number of aryl methyl sites for hydroxylation is 1. The molecule has 3 rings (SSSR count). The van der Waals surface area contributed by atoms with E-state index in [2.05, 4.69) is 5.32 Å². The third kappa shape index (κ3) is 7.63. The summed E-state index contributed by atoms with van der Waals surface area (Å²) in [4.78, 5) is 28.6. The van der Waals surface area contributed by atoms with Crippen molar-refractivity contribution in [2.24, 2.45) is 0 Å². The Morgan fingerprint density at radius 2 is 1.52 bits per heavy atom. The summed E-state index contributed by atoms with van der Waals surface area (Å²) in [5.74, 6) is -0.482. The highest BCUT2D eigenvalue weighted by Gasteiger charge is 2.34. The lowest BCUT2D eigenvalue weighted by atomic mass is 10.1. The van der Waals surface area contributed by atoms with Crippen molar-refractivity contribution in [1.29, 1.82) is 0 Å². The zero-order valence-corrected chi connectivity index (χ0v) is 24.6. The van der Waals surface area contributed by atoms with Crippen LogP contribution in [0.3, 0.4) is 0 Å². The molecule has 0 aliphatic heterocycles. The first kappa shape index (κ1) is 30.7. The molecule has 0 saturated heterocycles. The van der Waals surface area contributed by atoms with E-state index < -0.39 is 28.5 Å². The molecule has 0 saturated carbocycles. The molecule has 0 bridgehead atoms. The molecule has 2 amide bonds. The average molecular weight is 566 g/mol. The monoisotopic (exact) mass is 565 g/mol. The summed E-state index contributed by atoms with van der Waals surface area (Å²) in [5, 5.41) is 2.94. The second kappa shape index (κ2) is 14.0. The molecule has 1 N–H and O–H groups in total. The lowest BCUT2D eigenvalue weighted by molar-refractivity contribution is -0.139. The van der Waals surface area contributed by atoms with E-state index in [1.54, 1.807) is 50.2 Å². The van der Waals surface area contributed by atoms with E-state index in [9.17, 15) is 18.0 Å². The van der Waals surface area contributed by atoms with Gasteiger partial charge in [-0.1, -0.05) is 67.1 Å². The van der Waals surface area contributed by atoms with Crippen LogP contribution in [-0.4, -0.2) is 50.4 Å². The highest BCUT2D eigenvalue weighted by molar-refractivity contribution is 7.92. The van der Waals surface area contributed by atoms with Crippen molar-refractivity contribution >= 4 is 27.5 Å². The molecule has 0 aromatic heterocycles. The molecule has 3 aromatic carbocycles. The Kier molecular flexibility index (Phi) is 10.7. The van der Waals surface area contributed by atoms with Crippen LogP contribution in [0.2, 0.25) is 0 Å². The maximum Gasteiger partial charge on any atom is 0.264 e. The van der Waals surface area contributed by atoms with E-state index in [1.165, 1.54) is 17.0 Å². The Morgan fingerprint density at radius 3 is 2.15 bits per heavy atom. The SMILES string of the molecule is CCOc1ccccc1N(CC(=O)N(Cc1ccccc1)[C@H](C)C(=O)N[C@H](C)CC)S(=O)(=O)c1ccc(C)cc1. The first-order valence-corrected chi connectivity index (χ1v) is 15.0. The molecular weight excluding hydrogens is 526 g/mol. The number of ether oxygens (including phenoxy) is 1. The molecule has 9 heteroatoms. The Hall–Kier alpha value is -3.85. The molecule has 0 radical (unpaired) electrons. The van der Waals surface area contributed by atoms with Crippen molar-refractivity contribution in [3.8, 4) is 5.75 Å². The lowest BCUT2D eigenvalue weighted by Gasteiger charge is -2.33. The predicted octanol–water partition coefficient (Wildman–Crippen LogP) is 4.92. The summed E-state index contributed by atoms with van der Waals surface area (Å²) in [6.45, 7) is 9.13. The number of anilines is 1. The lowest BCUT2D eigenvalue weighted by Crippen LogP contribution is -2.52. The van der Waals surface area contributed by atoms with E-state index in [4.69, 9.17) is 4.74 Å². The summed E-state index contributed by atoms with van der Waals surface area (Å²) in [7, 11) is -4.18. The molecule has 40 heavy (non-hydrogen) atoms. The van der Waals surface area contributed by atoms with E-state index >= 15 is 0 Å². The number of benzene rings is 3. The fourth-order valence-electron chi connectivity index (χ4n) is 4.12. The molecule has 8 nitrogen and oxygen atoms in total. The van der Waals surface area contributed by atoms with Crippen LogP contribution in [-0.2, 0) is 26.2 Å². The fraction of sp³-hybridized carbons (Fsp3) is 0.355. The first-order valence-electron chi connectivity index (χ1n) is 13.5. The van der Waals surface area contributed by atoms with Gasteiger partial charge in [-0.05, 0) is 63.9 Å². The highest BCUT2D eigenvalue weighted by atomic mass is 32.2. The van der Waals surface area contributed by atoms with Gasteiger partial charge in [-0.3, -0.25) is 13.9 Å². The van der Waals surface area contributed by atoms with Gasteiger partial charge in [0.2, 0.25) is 11.8 Å². The number of rotatable bonds is 13. The Morgan fingerprint density at radius 1 is 0.900 bits per heavy atom. The van der Waals surface area contributed by atoms with Gasteiger partial charge >= 0.3 is 0 Å². The van der Waals surface area contributed by atoms with Gasteiger partial charge in [-0.25, -0.2) is 8.42 Å². The third-order valence-electron chi connectivity index (χ3n) is 6.69. The molecule has 2 atom stereocenters. The van der Waals surface area contributed by atoms with Crippen LogP contribution in [0, 0.1) is 6.92 Å². The number of sulfonamides is 1. The van der Waals surface area contributed by atoms with Crippen LogP contribution in [0.5, 0.6) is 5.75 Å². The Bertz CT molecular complexity index is 1380. The molecule has 0 aliphatic rings. The van der Waals surface area contributed by atoms with Crippen LogP contribution in [0.25, 0.3) is 0 Å². The van der Waals surface area contributed by atoms with Crippen molar-refractivity contribution in [3.63, 3.8) is 0 Å². The van der Waals surface area contributed by atoms with Crippen LogP contribution >= 0.6 is 0 Å². The van der Waals surface area contributed by atoms with E-state index in [-0.39, 0.29) is 29.1 Å². The topological polar surface area (TPSA) is 96.0 Å². The van der Waals surface area contributed by atoms with Crippen LogP contribution < -0.4 is 14.4 Å². The summed E-state index contributed by atoms with van der Waals surface area (Å²) in [5.41, 5.74) is 1.97. The summed E-state index contributed by atoms with van der Waals surface area (Å²) >= 11 is 0. The van der Waals surface area contributed by atoms with E-state index in [1.807, 2.05) is 51.1 Å². The van der Waals surface area contributed by atoms with Gasteiger partial charge in [-0.15, -0.1) is 0 Å². The Balaban J connectivity index is 2.06. The number of nitrogens with zero attached hydrogens (tertiary/aromatic N) is 2. The van der Waals surface area contributed by atoms with Crippen molar-refractivity contribution in [2.45, 2.75) is 64.6 Å². The second-order valence-electron chi connectivity index (χ2n) is 9.73. The number of hydrogen-bond donors (Lipinski definition) is 1. The van der Waals surface area contributed by atoms with Gasteiger partial charge in [0.25, 0.3) is 10.0 Å². The van der Waals surface area contributed by atoms with Crippen molar-refractivity contribution in [3.05, 3.63) is 90.0 Å². The zero-order chi connectivity index (χ0) is 29.3. The minimum absolute atomic E-state index is 0.0503. The molecule has 0 spiro atoms. The van der Waals surface area contributed by atoms with Gasteiger partial charge in [-0.2, -0.15) is 0 Å². The standard InChI is InChI=1S/C31H39N3O5S/c1-6-24(4)32-31(36)25(5)33(21-26-13-9-8-10-14-26)30(35)22-34(28-15-11-12-16-29(28)39-7-2)40(37,38)27-19-17-23(3)18-20-27/h8-20,24-25H,6-7,21-22H2,1-5H3,(H,32,36)/t24-,25-/m1/s1. The van der Waals surface area contributed by atoms with Gasteiger partial charge in [0.1, 0.15) is 18.3 Å². The van der Waals surface area contributed by atoms with Crippen molar-refractivity contribution in [1.82, 2.24) is 10.2 Å². The smallest absolute Gasteiger partial charge is 0.264 e. The molecule has 0 unspecified atom stereocenters. The minimum Gasteiger partial charge on any atom is -0.492 e. The zero-order valence-electron chi connectivity index (χ0n) is 23.8.